The van der Waals surface area contributed by atoms with Crippen molar-refractivity contribution >= 4 is 39.0 Å². The SMILES string of the molecule is COCC(Cl)CNc1snc2ccccc12. The molecule has 1 N–H and O–H groups in total. The van der Waals surface area contributed by atoms with Crippen molar-refractivity contribution in [3.63, 3.8) is 0 Å². The van der Waals surface area contributed by atoms with E-state index in [4.69, 9.17) is 16.3 Å². The molecule has 1 heterocycles. The fraction of sp³-hybridized carbons (Fsp3) is 0.364. The van der Waals surface area contributed by atoms with Crippen LogP contribution in [0, 0.1) is 0 Å². The molecule has 1 atom stereocenters. The van der Waals surface area contributed by atoms with E-state index in [0.717, 1.165) is 15.9 Å². The summed E-state index contributed by atoms with van der Waals surface area (Å²) in [5.41, 5.74) is 1.02. The molecule has 0 aliphatic rings. The molecule has 0 radical (unpaired) electrons. The zero-order valence-corrected chi connectivity index (χ0v) is 10.5. The van der Waals surface area contributed by atoms with Crippen molar-refractivity contribution in [3.05, 3.63) is 24.3 Å². The Bertz CT molecular complexity index is 460. The van der Waals surface area contributed by atoms with Crippen LogP contribution in [0.3, 0.4) is 0 Å². The summed E-state index contributed by atoms with van der Waals surface area (Å²) in [6.45, 7) is 1.23. The molecule has 0 amide bonds. The number of hydrogen-bond donors (Lipinski definition) is 1. The van der Waals surface area contributed by atoms with E-state index in [9.17, 15) is 0 Å². The van der Waals surface area contributed by atoms with E-state index in [0.29, 0.717) is 13.2 Å². The van der Waals surface area contributed by atoms with Crippen LogP contribution in [0.15, 0.2) is 24.3 Å². The Morgan fingerprint density at radius 2 is 2.31 bits per heavy atom. The van der Waals surface area contributed by atoms with Crippen LogP contribution in [0.25, 0.3) is 10.9 Å². The van der Waals surface area contributed by atoms with Crippen LogP contribution < -0.4 is 5.32 Å². The topological polar surface area (TPSA) is 34.1 Å². The van der Waals surface area contributed by atoms with Crippen LogP contribution >= 0.6 is 23.1 Å². The van der Waals surface area contributed by atoms with Crippen LogP contribution in [0.2, 0.25) is 0 Å². The Labute approximate surface area is 104 Å². The first-order valence-electron chi connectivity index (χ1n) is 5.02. The number of halogens is 1. The smallest absolute Gasteiger partial charge is 0.117 e. The molecule has 0 aliphatic heterocycles. The summed E-state index contributed by atoms with van der Waals surface area (Å²) in [7, 11) is 1.65. The molecule has 1 unspecified atom stereocenters. The Kier molecular flexibility index (Phi) is 3.98. The number of alkyl halides is 1. The van der Waals surface area contributed by atoms with Crippen LogP contribution in [-0.4, -0.2) is 30.0 Å². The van der Waals surface area contributed by atoms with Gasteiger partial charge in [-0.2, -0.15) is 4.37 Å². The average molecular weight is 257 g/mol. The summed E-state index contributed by atoms with van der Waals surface area (Å²) in [5.74, 6) is 0. The van der Waals surface area contributed by atoms with Crippen molar-refractivity contribution in [2.75, 3.05) is 25.6 Å². The second-order valence-corrected chi connectivity index (χ2v) is 4.85. The number of ether oxygens (including phenoxy) is 1. The highest BCUT2D eigenvalue weighted by atomic mass is 35.5. The summed E-state index contributed by atoms with van der Waals surface area (Å²) in [5, 5.41) is 5.49. The zero-order valence-electron chi connectivity index (χ0n) is 8.94. The quantitative estimate of drug-likeness (QED) is 0.836. The molecule has 3 nitrogen and oxygen atoms in total. The van der Waals surface area contributed by atoms with Crippen LogP contribution in [0.5, 0.6) is 0 Å². The maximum absolute atomic E-state index is 6.05. The molecule has 2 aromatic rings. The molecule has 16 heavy (non-hydrogen) atoms. The number of rotatable bonds is 5. The molecule has 86 valence electrons. The molecule has 0 saturated carbocycles. The van der Waals surface area contributed by atoms with Gasteiger partial charge < -0.3 is 10.1 Å². The van der Waals surface area contributed by atoms with Gasteiger partial charge in [0.25, 0.3) is 0 Å². The maximum Gasteiger partial charge on any atom is 0.117 e. The van der Waals surface area contributed by atoms with Gasteiger partial charge in [0.1, 0.15) is 5.00 Å². The Morgan fingerprint density at radius 3 is 3.12 bits per heavy atom. The predicted octanol–water partition coefficient (Wildman–Crippen LogP) is 2.96. The van der Waals surface area contributed by atoms with E-state index in [-0.39, 0.29) is 5.38 Å². The first-order chi connectivity index (χ1) is 7.81. The van der Waals surface area contributed by atoms with Gasteiger partial charge in [0.2, 0.25) is 0 Å². The van der Waals surface area contributed by atoms with Crippen molar-refractivity contribution in [1.82, 2.24) is 4.37 Å². The van der Waals surface area contributed by atoms with E-state index < -0.39 is 0 Å². The van der Waals surface area contributed by atoms with Gasteiger partial charge in [-0.25, -0.2) is 0 Å². The van der Waals surface area contributed by atoms with E-state index in [1.165, 1.54) is 11.5 Å². The molecule has 0 saturated heterocycles. The van der Waals surface area contributed by atoms with Crippen LogP contribution in [0.1, 0.15) is 0 Å². The maximum atomic E-state index is 6.05. The monoisotopic (exact) mass is 256 g/mol. The van der Waals surface area contributed by atoms with Gasteiger partial charge >= 0.3 is 0 Å². The molecular formula is C11H13ClN2OS. The summed E-state index contributed by atoms with van der Waals surface area (Å²) in [6.07, 6.45) is 0. The number of fused-ring (bicyclic) bond motifs is 1. The second-order valence-electron chi connectivity index (χ2n) is 3.46. The average Bonchev–Trinajstić information content (AvgIpc) is 2.70. The lowest BCUT2D eigenvalue weighted by Gasteiger charge is -2.09. The van der Waals surface area contributed by atoms with Crippen molar-refractivity contribution < 1.29 is 4.74 Å². The minimum absolute atomic E-state index is 0.0223. The number of benzene rings is 1. The minimum Gasteiger partial charge on any atom is -0.383 e. The van der Waals surface area contributed by atoms with E-state index in [1.807, 2.05) is 18.2 Å². The van der Waals surface area contributed by atoms with Gasteiger partial charge in [0.15, 0.2) is 0 Å². The van der Waals surface area contributed by atoms with Crippen molar-refractivity contribution in [2.24, 2.45) is 0 Å². The highest BCUT2D eigenvalue weighted by Gasteiger charge is 2.07. The lowest BCUT2D eigenvalue weighted by Crippen LogP contribution is -2.18. The number of nitrogens with zero attached hydrogens (tertiary/aromatic N) is 1. The van der Waals surface area contributed by atoms with Gasteiger partial charge in [-0.1, -0.05) is 12.1 Å². The van der Waals surface area contributed by atoms with Crippen molar-refractivity contribution in [1.29, 1.82) is 0 Å². The third-order valence-electron chi connectivity index (χ3n) is 2.22. The van der Waals surface area contributed by atoms with Crippen LogP contribution in [0.4, 0.5) is 5.00 Å². The fourth-order valence-corrected chi connectivity index (χ4v) is 2.43. The number of aromatic nitrogens is 1. The summed E-state index contributed by atoms with van der Waals surface area (Å²) in [4.78, 5) is 0. The predicted molar refractivity (Wildman–Crippen MR) is 69.6 cm³/mol. The Morgan fingerprint density at radius 1 is 1.50 bits per heavy atom. The summed E-state index contributed by atoms with van der Waals surface area (Å²) >= 11 is 7.51. The molecule has 1 aromatic carbocycles. The van der Waals surface area contributed by atoms with Gasteiger partial charge in [-0.3, -0.25) is 0 Å². The summed E-state index contributed by atoms with van der Waals surface area (Å²) in [6, 6.07) is 8.06. The lowest BCUT2D eigenvalue weighted by atomic mass is 10.2. The molecule has 1 aromatic heterocycles. The van der Waals surface area contributed by atoms with Gasteiger partial charge in [0.05, 0.1) is 17.5 Å². The lowest BCUT2D eigenvalue weighted by molar-refractivity contribution is 0.200. The van der Waals surface area contributed by atoms with Crippen molar-refractivity contribution in [2.45, 2.75) is 5.38 Å². The molecule has 2 rings (SSSR count). The highest BCUT2D eigenvalue weighted by molar-refractivity contribution is 7.11. The molecule has 0 fully saturated rings. The summed E-state index contributed by atoms with van der Waals surface area (Å²) < 4.78 is 9.32. The Balaban J connectivity index is 2.04. The molecular weight excluding hydrogens is 244 g/mol. The largest absolute Gasteiger partial charge is 0.383 e. The first kappa shape index (κ1) is 11.6. The first-order valence-corrected chi connectivity index (χ1v) is 6.23. The van der Waals surface area contributed by atoms with Gasteiger partial charge in [-0.05, 0) is 23.7 Å². The normalized spacial score (nSPS) is 12.9. The van der Waals surface area contributed by atoms with E-state index in [2.05, 4.69) is 15.8 Å². The van der Waals surface area contributed by atoms with Gasteiger partial charge in [0, 0.05) is 19.0 Å². The highest BCUT2D eigenvalue weighted by Crippen LogP contribution is 2.27. The number of anilines is 1. The molecule has 5 heteroatoms. The number of nitrogens with one attached hydrogen (secondary N) is 1. The number of methoxy groups -OCH3 is 1. The number of hydrogen-bond acceptors (Lipinski definition) is 4. The van der Waals surface area contributed by atoms with Crippen molar-refractivity contribution in [3.8, 4) is 0 Å². The van der Waals surface area contributed by atoms with Gasteiger partial charge in [-0.15, -0.1) is 11.6 Å². The molecule has 0 bridgehead atoms. The second kappa shape index (κ2) is 5.48. The standard InChI is InChI=1S/C11H13ClN2OS/c1-15-7-8(12)6-13-11-9-4-2-3-5-10(9)14-16-11/h2-5,8,13H,6-7H2,1H3. The van der Waals surface area contributed by atoms with E-state index >= 15 is 0 Å². The third-order valence-corrected chi connectivity index (χ3v) is 3.33. The minimum atomic E-state index is -0.0223. The van der Waals surface area contributed by atoms with Crippen LogP contribution in [-0.2, 0) is 4.74 Å². The fourth-order valence-electron chi connectivity index (χ4n) is 1.46. The third kappa shape index (κ3) is 2.64. The zero-order chi connectivity index (χ0) is 11.4. The molecule has 0 spiro atoms. The molecule has 0 aliphatic carbocycles. The van der Waals surface area contributed by atoms with E-state index in [1.54, 1.807) is 7.11 Å². The Hall–Kier alpha value is -0.840.